The molecule has 1 aliphatic carbocycles. The summed E-state index contributed by atoms with van der Waals surface area (Å²) in [7, 11) is 1.40. The number of ether oxygens (including phenoxy) is 1. The molecule has 24 heavy (non-hydrogen) atoms. The van der Waals surface area contributed by atoms with Gasteiger partial charge in [-0.05, 0) is 31.5 Å². The fourth-order valence-corrected chi connectivity index (χ4v) is 3.66. The minimum Gasteiger partial charge on any atom is -0.469 e. The molecular formula is C17H29N3O3S. The summed E-state index contributed by atoms with van der Waals surface area (Å²) < 4.78 is 4.61. The number of rotatable bonds is 5. The zero-order valence-corrected chi connectivity index (χ0v) is 15.4. The van der Waals surface area contributed by atoms with E-state index in [0.29, 0.717) is 30.4 Å². The van der Waals surface area contributed by atoms with Crippen LogP contribution < -0.4 is 5.32 Å². The van der Waals surface area contributed by atoms with E-state index in [-0.39, 0.29) is 11.9 Å². The van der Waals surface area contributed by atoms with Gasteiger partial charge >= 0.3 is 5.97 Å². The van der Waals surface area contributed by atoms with Crippen molar-refractivity contribution in [3.8, 4) is 0 Å². The topological polar surface area (TPSA) is 61.9 Å². The Morgan fingerprint density at radius 3 is 2.33 bits per heavy atom. The molecule has 0 aromatic rings. The van der Waals surface area contributed by atoms with Gasteiger partial charge in [0, 0.05) is 45.1 Å². The van der Waals surface area contributed by atoms with Crippen LogP contribution in [0.15, 0.2) is 0 Å². The number of methoxy groups -OCH3 is 1. The van der Waals surface area contributed by atoms with Gasteiger partial charge in [0.1, 0.15) is 0 Å². The molecule has 0 aromatic heterocycles. The first-order valence-electron chi connectivity index (χ1n) is 9.00. The normalized spacial score (nSPS) is 19.0. The summed E-state index contributed by atoms with van der Waals surface area (Å²) >= 11 is 5.41. The third-order valence-electron chi connectivity index (χ3n) is 4.89. The molecule has 7 heteroatoms. The van der Waals surface area contributed by atoms with Crippen molar-refractivity contribution in [2.75, 3.05) is 39.8 Å². The second-order valence-electron chi connectivity index (χ2n) is 6.56. The van der Waals surface area contributed by atoms with E-state index < -0.39 is 0 Å². The van der Waals surface area contributed by atoms with Gasteiger partial charge in [0.25, 0.3) is 0 Å². The van der Waals surface area contributed by atoms with Crippen molar-refractivity contribution in [3.63, 3.8) is 0 Å². The lowest BCUT2D eigenvalue weighted by Gasteiger charge is -2.38. The maximum atomic E-state index is 12.5. The second-order valence-corrected chi connectivity index (χ2v) is 6.95. The van der Waals surface area contributed by atoms with Crippen molar-refractivity contribution >= 4 is 29.2 Å². The number of nitrogens with one attached hydrogen (secondary N) is 1. The molecule has 1 heterocycles. The number of nitrogens with zero attached hydrogens (tertiary/aromatic N) is 2. The third-order valence-corrected chi connectivity index (χ3v) is 5.30. The summed E-state index contributed by atoms with van der Waals surface area (Å²) in [5.74, 6) is 0.387. The molecule has 1 amide bonds. The molecule has 0 bridgehead atoms. The molecule has 0 radical (unpaired) electrons. The van der Waals surface area contributed by atoms with Gasteiger partial charge in [-0.15, -0.1) is 0 Å². The van der Waals surface area contributed by atoms with Crippen LogP contribution in [-0.2, 0) is 14.3 Å². The van der Waals surface area contributed by atoms with Crippen LogP contribution in [0.1, 0.15) is 44.9 Å². The molecule has 1 saturated carbocycles. The van der Waals surface area contributed by atoms with E-state index in [1.807, 2.05) is 4.90 Å². The molecule has 2 aliphatic rings. The Hall–Kier alpha value is -1.37. The lowest BCUT2D eigenvalue weighted by atomic mass is 9.88. The molecule has 2 rings (SSSR count). The number of esters is 1. The SMILES string of the molecule is COC(=O)CCCNC(=S)N1CCN(C(=O)C2CCCCC2)CC1. The highest BCUT2D eigenvalue weighted by Gasteiger charge is 2.28. The first kappa shape index (κ1) is 19.0. The summed E-state index contributed by atoms with van der Waals surface area (Å²) in [6.45, 7) is 3.72. The van der Waals surface area contributed by atoms with Gasteiger partial charge < -0.3 is 19.9 Å². The van der Waals surface area contributed by atoms with Crippen LogP contribution in [0, 0.1) is 5.92 Å². The Balaban J connectivity index is 1.65. The second kappa shape index (κ2) is 9.81. The Morgan fingerprint density at radius 1 is 1.08 bits per heavy atom. The van der Waals surface area contributed by atoms with Crippen LogP contribution in [0.25, 0.3) is 0 Å². The van der Waals surface area contributed by atoms with Gasteiger partial charge in [0.2, 0.25) is 5.91 Å². The lowest BCUT2D eigenvalue weighted by molar-refractivity contribution is -0.140. The minimum atomic E-state index is -0.197. The fourth-order valence-electron chi connectivity index (χ4n) is 3.38. The van der Waals surface area contributed by atoms with Gasteiger partial charge in [0.15, 0.2) is 5.11 Å². The summed E-state index contributed by atoms with van der Waals surface area (Å²) in [5.41, 5.74) is 0. The molecule has 0 aromatic carbocycles. The molecule has 0 spiro atoms. The summed E-state index contributed by atoms with van der Waals surface area (Å²) in [6, 6.07) is 0. The molecule has 0 atom stereocenters. The molecule has 1 saturated heterocycles. The van der Waals surface area contributed by atoms with Crippen molar-refractivity contribution in [1.82, 2.24) is 15.1 Å². The number of hydrogen-bond acceptors (Lipinski definition) is 4. The van der Waals surface area contributed by atoms with Crippen LogP contribution in [-0.4, -0.2) is 66.6 Å². The molecule has 136 valence electrons. The minimum absolute atomic E-state index is 0.197. The summed E-state index contributed by atoms with van der Waals surface area (Å²) in [5, 5.41) is 3.90. The average molecular weight is 356 g/mol. The third kappa shape index (κ3) is 5.61. The number of piperazine rings is 1. The summed E-state index contributed by atoms with van der Waals surface area (Å²) in [6.07, 6.45) is 6.86. The van der Waals surface area contributed by atoms with Gasteiger partial charge in [-0.2, -0.15) is 0 Å². The van der Waals surface area contributed by atoms with E-state index in [9.17, 15) is 9.59 Å². The van der Waals surface area contributed by atoms with E-state index in [1.165, 1.54) is 26.4 Å². The lowest BCUT2D eigenvalue weighted by Crippen LogP contribution is -2.54. The van der Waals surface area contributed by atoms with Crippen LogP contribution in [0.2, 0.25) is 0 Å². The monoisotopic (exact) mass is 355 g/mol. The maximum absolute atomic E-state index is 12.5. The van der Waals surface area contributed by atoms with Crippen LogP contribution >= 0.6 is 12.2 Å². The zero-order chi connectivity index (χ0) is 17.4. The Bertz CT molecular complexity index is 444. The first-order valence-corrected chi connectivity index (χ1v) is 9.41. The number of hydrogen-bond donors (Lipinski definition) is 1. The Labute approximate surface area is 149 Å². The standard InChI is InChI=1S/C17H29N3O3S/c1-23-15(21)8-5-9-18-17(24)20-12-10-19(11-13-20)16(22)14-6-3-2-4-7-14/h14H,2-13H2,1H3,(H,18,24). The first-order chi connectivity index (χ1) is 11.6. The quantitative estimate of drug-likeness (QED) is 0.459. The van der Waals surface area contributed by atoms with Gasteiger partial charge in [-0.3, -0.25) is 9.59 Å². The molecule has 2 fully saturated rings. The highest BCUT2D eigenvalue weighted by Crippen LogP contribution is 2.25. The van der Waals surface area contributed by atoms with E-state index in [4.69, 9.17) is 12.2 Å². The van der Waals surface area contributed by atoms with Crippen molar-refractivity contribution in [3.05, 3.63) is 0 Å². The highest BCUT2D eigenvalue weighted by atomic mass is 32.1. The molecular weight excluding hydrogens is 326 g/mol. The number of carbonyl (C=O) groups excluding carboxylic acids is 2. The van der Waals surface area contributed by atoms with E-state index in [1.54, 1.807) is 0 Å². The summed E-state index contributed by atoms with van der Waals surface area (Å²) in [4.78, 5) is 27.7. The van der Waals surface area contributed by atoms with Crippen molar-refractivity contribution < 1.29 is 14.3 Å². The highest BCUT2D eigenvalue weighted by molar-refractivity contribution is 7.80. The van der Waals surface area contributed by atoms with Crippen LogP contribution in [0.4, 0.5) is 0 Å². The largest absolute Gasteiger partial charge is 0.469 e. The average Bonchev–Trinajstić information content (AvgIpc) is 2.65. The van der Waals surface area contributed by atoms with Crippen molar-refractivity contribution in [2.45, 2.75) is 44.9 Å². The van der Waals surface area contributed by atoms with Crippen LogP contribution in [0.5, 0.6) is 0 Å². The van der Waals surface area contributed by atoms with E-state index in [2.05, 4.69) is 15.0 Å². The molecule has 6 nitrogen and oxygen atoms in total. The van der Waals surface area contributed by atoms with E-state index >= 15 is 0 Å². The van der Waals surface area contributed by atoms with Gasteiger partial charge in [0.05, 0.1) is 7.11 Å². The smallest absolute Gasteiger partial charge is 0.305 e. The van der Waals surface area contributed by atoms with Gasteiger partial charge in [-0.1, -0.05) is 19.3 Å². The van der Waals surface area contributed by atoms with Crippen molar-refractivity contribution in [1.29, 1.82) is 0 Å². The Morgan fingerprint density at radius 2 is 1.71 bits per heavy atom. The van der Waals surface area contributed by atoms with Crippen LogP contribution in [0.3, 0.4) is 0 Å². The zero-order valence-electron chi connectivity index (χ0n) is 14.6. The molecule has 0 unspecified atom stereocenters. The fraction of sp³-hybridized carbons (Fsp3) is 0.824. The predicted octanol–water partition coefficient (Wildman–Crippen LogP) is 1.54. The Kier molecular flexibility index (Phi) is 7.75. The number of amides is 1. The number of carbonyl (C=O) groups is 2. The number of thiocarbonyl (C=S) groups is 1. The van der Waals surface area contributed by atoms with Crippen molar-refractivity contribution in [2.24, 2.45) is 5.92 Å². The van der Waals surface area contributed by atoms with E-state index in [0.717, 1.165) is 39.0 Å². The van der Waals surface area contributed by atoms with Gasteiger partial charge in [-0.25, -0.2) is 0 Å². The predicted molar refractivity (Wildman–Crippen MR) is 96.6 cm³/mol. The maximum Gasteiger partial charge on any atom is 0.305 e. The molecule has 1 N–H and O–H groups in total. The molecule has 1 aliphatic heterocycles.